The quantitative estimate of drug-likeness (QED) is 0.0523. The Hall–Kier alpha value is -12.3. The van der Waals surface area contributed by atoms with Crippen LogP contribution in [-0.2, 0) is 6.42 Å². The first-order valence-electron chi connectivity index (χ1n) is 43.4. The van der Waals surface area contributed by atoms with E-state index in [1.807, 2.05) is 160 Å². The summed E-state index contributed by atoms with van der Waals surface area (Å²) in [5.74, 6) is 6.66. The molecule has 0 amide bonds. The van der Waals surface area contributed by atoms with Gasteiger partial charge in [-0.3, -0.25) is 39.7 Å². The second-order valence-electron chi connectivity index (χ2n) is 33.0. The van der Waals surface area contributed by atoms with Crippen LogP contribution in [0.15, 0.2) is 276 Å². The van der Waals surface area contributed by atoms with Crippen molar-refractivity contribution < 1.29 is 19.0 Å². The van der Waals surface area contributed by atoms with E-state index in [2.05, 4.69) is 267 Å². The smallest absolute Gasteiger partial charge is 0.195 e. The number of aromatic nitrogens is 18. The fourth-order valence-corrected chi connectivity index (χ4v) is 9.87. The van der Waals surface area contributed by atoms with Crippen LogP contribution in [0.25, 0.3) is 0 Å². The van der Waals surface area contributed by atoms with Gasteiger partial charge in [-0.15, -0.1) is 0 Å². The molecule has 0 saturated carbocycles. The zero-order valence-corrected chi connectivity index (χ0v) is 79.9. The van der Waals surface area contributed by atoms with Gasteiger partial charge in [0.1, 0.15) is 18.3 Å². The minimum Gasteiger partial charge on any atom is -0.619 e. The number of rotatable bonds is 15. The van der Waals surface area contributed by atoms with Crippen LogP contribution < -0.4 is 14.2 Å². The molecular weight excluding hydrogens is 1550 g/mol. The molecule has 22 heteroatoms. The maximum Gasteiger partial charge on any atom is 0.195 e. The summed E-state index contributed by atoms with van der Waals surface area (Å²) >= 11 is 0. The molecule has 0 saturated heterocycles. The van der Waals surface area contributed by atoms with Gasteiger partial charge in [-0.2, -0.15) is 34.6 Å². The Labute approximate surface area is 749 Å². The fourth-order valence-electron chi connectivity index (χ4n) is 9.87. The molecule has 125 heavy (non-hydrogen) atoms. The number of carbonyl (C=O) groups is 1. The molecule has 13 heterocycles. The number of carbonyl (C=O) groups excluding carboxylic acids is 1. The largest absolute Gasteiger partial charge is 0.619 e. The molecule has 13 rings (SSSR count). The summed E-state index contributed by atoms with van der Waals surface area (Å²) in [5.41, 5.74) is 16.9. The number of pyridine rings is 8. The minimum absolute atomic E-state index is 0.0255. The maximum absolute atomic E-state index is 11.0. The van der Waals surface area contributed by atoms with Gasteiger partial charge in [-0.25, -0.2) is 19.9 Å². The molecule has 0 aromatic carbocycles. The Balaban J connectivity index is 0.000000678. The van der Waals surface area contributed by atoms with E-state index in [-0.39, 0.29) is 5.78 Å². The Morgan fingerprint density at radius 2 is 0.784 bits per heavy atom. The Morgan fingerprint density at radius 1 is 0.296 bits per heavy atom. The summed E-state index contributed by atoms with van der Waals surface area (Å²) in [7, 11) is 0. The van der Waals surface area contributed by atoms with Crippen LogP contribution in [-0.4, -0.2) is 81.0 Å². The van der Waals surface area contributed by atoms with E-state index in [1.165, 1.54) is 70.8 Å². The fraction of sp³-hybridized carbons (Fsp3) is 0.408. The summed E-state index contributed by atoms with van der Waals surface area (Å²) in [4.78, 5) is 55.0. The molecular formula is C103H144N18O4. The van der Waals surface area contributed by atoms with Gasteiger partial charge < -0.3 is 15.6 Å². The first-order chi connectivity index (χ1) is 59.4. The molecule has 670 valence electrons. The van der Waals surface area contributed by atoms with Crippen LogP contribution in [0.5, 0.6) is 0 Å². The van der Waals surface area contributed by atoms with E-state index in [0.717, 1.165) is 60.2 Å². The lowest BCUT2D eigenvalue weighted by Crippen LogP contribution is -2.31. The Kier molecular flexibility index (Phi) is 57.9. The van der Waals surface area contributed by atoms with E-state index in [9.17, 15) is 20.4 Å². The molecule has 0 spiro atoms. The van der Waals surface area contributed by atoms with E-state index >= 15 is 0 Å². The number of hydrogen-bond acceptors (Lipinski definition) is 19. The molecule has 13 aromatic rings. The lowest BCUT2D eigenvalue weighted by atomic mass is 10.0. The number of ketones is 1. The molecule has 0 unspecified atom stereocenters. The second-order valence-corrected chi connectivity index (χ2v) is 33.0. The number of Topliss-reactive ketones (excluding diaryl/α,β-unsaturated/α-hetero) is 1. The predicted octanol–water partition coefficient (Wildman–Crippen LogP) is 24.1. The lowest BCUT2D eigenvalue weighted by molar-refractivity contribution is -0.615. The number of nitrogens with zero attached hydrogens (tertiary/aromatic N) is 18. The van der Waals surface area contributed by atoms with Crippen molar-refractivity contribution in [3.05, 3.63) is 376 Å². The van der Waals surface area contributed by atoms with Crippen LogP contribution in [0.3, 0.4) is 0 Å². The highest BCUT2D eigenvalue weighted by atomic mass is 16.5. The first kappa shape index (κ1) is 111. The van der Waals surface area contributed by atoms with Gasteiger partial charge in [-0.05, 0) is 201 Å². The highest BCUT2D eigenvalue weighted by molar-refractivity contribution is 5.92. The van der Waals surface area contributed by atoms with Gasteiger partial charge in [0.2, 0.25) is 0 Å². The summed E-state index contributed by atoms with van der Waals surface area (Å²) in [5, 5.41) is 47.4. The van der Waals surface area contributed by atoms with E-state index in [0.29, 0.717) is 82.6 Å². The van der Waals surface area contributed by atoms with Crippen LogP contribution in [0, 0.1) is 15.6 Å². The van der Waals surface area contributed by atoms with Gasteiger partial charge in [0.05, 0.1) is 17.6 Å². The van der Waals surface area contributed by atoms with Crippen LogP contribution in [0.1, 0.15) is 360 Å². The molecule has 0 fully saturated rings. The topological polar surface area (TPSA) is 291 Å². The molecule has 13 aromatic heterocycles. The standard InChI is InChI=1S/C10H13NO.C10H15N.3C8H11NO.3C8H11N.5C7H10N2/c1-7(2)9-4-5-11-10(6-9)8(3)12;1-4-10-7-9(8(2)3)5-6-11-10;1-7(2)8-3-5-9(10)6-4-8;1-7(2)8-4-3-5-9(10)6-8;1-7(2)8-5-3-4-6-9(8)10;1-7(2)8-3-5-9-6-4-8;1-7(2)8-4-3-5-9-6-8;1-7(2)8-5-3-4-6-9-8;1-6(2)7-3-8-5-9-4-7;1-6(2)7-5-8-3-4-9-7;1-6(2)7-3-4-8-5-9-7;1-6(2)7-3-4-8-9-5-7;1-6(2)7-4-3-5-8-9-7/h4-7H,1-3H3;5-8H,4H2,1-3H3;3*3-7H,1-2H3;3*3-7H,1-2H3;5*3-6H,1-2H3. The number of hydrogen-bond donors (Lipinski definition) is 0. The van der Waals surface area contributed by atoms with Gasteiger partial charge in [-0.1, -0.05) is 205 Å². The van der Waals surface area contributed by atoms with Crippen LogP contribution >= 0.6 is 0 Å². The van der Waals surface area contributed by atoms with Crippen molar-refractivity contribution in [2.75, 3.05) is 0 Å². The Bertz CT molecular complexity index is 4250. The SMILES string of the molecule is CC(=O)c1cc(C(C)C)ccn1.CC(C)c1cc[n+]([O-])cc1.CC(C)c1ccc[n+]([O-])c1.CC(C)c1cccc[n+]1[O-].CC(C)c1ccccn1.CC(C)c1cccnc1.CC(C)c1cccnn1.CC(C)c1ccncc1.CC(C)c1ccncn1.CC(C)c1ccnnc1.CC(C)c1cnccn1.CC(C)c1cncnc1.CCc1cc(C(C)C)ccn1. The van der Waals surface area contributed by atoms with Gasteiger partial charge in [0.15, 0.2) is 42.5 Å². The van der Waals surface area contributed by atoms with Crippen molar-refractivity contribution in [2.24, 2.45) is 0 Å². The normalized spacial score (nSPS) is 10.2. The zero-order valence-electron chi connectivity index (χ0n) is 79.9. The summed E-state index contributed by atoms with van der Waals surface area (Å²) in [6.45, 7) is 58.7. The maximum atomic E-state index is 11.0. The van der Waals surface area contributed by atoms with Gasteiger partial charge in [0.25, 0.3) is 0 Å². The first-order valence-corrected chi connectivity index (χ1v) is 43.4. The minimum atomic E-state index is 0.0255. The number of aryl methyl sites for hydroxylation is 1. The molecule has 0 aliphatic heterocycles. The Morgan fingerprint density at radius 3 is 1.16 bits per heavy atom. The molecule has 22 nitrogen and oxygen atoms in total. The van der Waals surface area contributed by atoms with Crippen molar-refractivity contribution in [3.63, 3.8) is 0 Å². The lowest BCUT2D eigenvalue weighted by Gasteiger charge is -2.05. The van der Waals surface area contributed by atoms with Gasteiger partial charge >= 0.3 is 0 Å². The van der Waals surface area contributed by atoms with E-state index in [1.54, 1.807) is 86.8 Å². The highest BCUT2D eigenvalue weighted by Crippen LogP contribution is 2.19. The zero-order chi connectivity index (χ0) is 93.6. The van der Waals surface area contributed by atoms with Crippen LogP contribution in [0.2, 0.25) is 0 Å². The third-order valence-corrected chi connectivity index (χ3v) is 18.2. The van der Waals surface area contributed by atoms with Gasteiger partial charge in [0, 0.05) is 159 Å². The monoisotopic (exact) mass is 1700 g/mol. The van der Waals surface area contributed by atoms with Crippen molar-refractivity contribution in [1.29, 1.82) is 0 Å². The predicted molar refractivity (Wildman–Crippen MR) is 510 cm³/mol. The van der Waals surface area contributed by atoms with Crippen LogP contribution in [0.4, 0.5) is 0 Å². The molecule has 0 aliphatic rings. The van der Waals surface area contributed by atoms with E-state index in [4.69, 9.17) is 0 Å². The second kappa shape index (κ2) is 65.3. The average Bonchev–Trinajstić information content (AvgIpc) is 0.865. The third kappa shape index (κ3) is 52.0. The highest BCUT2D eigenvalue weighted by Gasteiger charge is 2.09. The van der Waals surface area contributed by atoms with Crippen molar-refractivity contribution >= 4 is 5.78 Å². The molecule has 0 radical (unpaired) electrons. The summed E-state index contributed by atoms with van der Waals surface area (Å²) in [6, 6.07) is 42.9. The van der Waals surface area contributed by atoms with Crippen molar-refractivity contribution in [3.8, 4) is 0 Å². The summed E-state index contributed by atoms with van der Waals surface area (Å²) < 4.78 is 2.53. The molecule has 0 aliphatic carbocycles. The summed E-state index contributed by atoms with van der Waals surface area (Å²) in [6.07, 6.45) is 40.4. The molecule has 0 N–H and O–H groups in total. The van der Waals surface area contributed by atoms with Crippen molar-refractivity contribution in [2.45, 2.75) is 277 Å². The average molecular weight is 1700 g/mol. The van der Waals surface area contributed by atoms with Crippen molar-refractivity contribution in [1.82, 2.24) is 75.2 Å². The molecule has 0 atom stereocenters. The molecule has 0 bridgehead atoms. The third-order valence-electron chi connectivity index (χ3n) is 18.2. The van der Waals surface area contributed by atoms with E-state index < -0.39 is 0 Å².